The molecule has 1 N–H and O–H groups in total. The summed E-state index contributed by atoms with van der Waals surface area (Å²) in [6, 6.07) is 0. The maximum Gasteiger partial charge on any atom is 0.449 e. The maximum atomic E-state index is 13.9. The lowest BCUT2D eigenvalue weighted by molar-refractivity contribution is -0.408. The third-order valence-corrected chi connectivity index (χ3v) is 7.46. The molecule has 1 aliphatic heterocycles. The summed E-state index contributed by atoms with van der Waals surface area (Å²) in [4.78, 5) is 0. The maximum absolute atomic E-state index is 13.9. The zero-order valence-electron chi connectivity index (χ0n) is 12.8. The Morgan fingerprint density at radius 3 is 2.21 bits per heavy atom. The molecule has 5 aliphatic rings. The molecule has 1 saturated heterocycles. The second-order valence-electron chi connectivity index (χ2n) is 8.37. The monoisotopic (exact) mass is 350 g/mol. The molecule has 0 aromatic carbocycles. The van der Waals surface area contributed by atoms with Crippen molar-refractivity contribution in [3.8, 4) is 0 Å². The summed E-state index contributed by atoms with van der Waals surface area (Å²) in [5.74, 6) is -6.41. The van der Waals surface area contributed by atoms with Gasteiger partial charge in [0.25, 0.3) is 0 Å². The molecule has 9 atom stereocenters. The lowest BCUT2D eigenvalue weighted by Crippen LogP contribution is -2.56. The van der Waals surface area contributed by atoms with Gasteiger partial charge in [0.05, 0.1) is 6.10 Å². The Kier molecular flexibility index (Phi) is 2.81. The van der Waals surface area contributed by atoms with Crippen LogP contribution in [0.15, 0.2) is 12.2 Å². The summed E-state index contributed by atoms with van der Waals surface area (Å²) < 4.78 is 71.4. The smallest absolute Gasteiger partial charge is 0.354 e. The highest BCUT2D eigenvalue weighted by molar-refractivity contribution is 5.21. The fourth-order valence-corrected chi connectivity index (χ4v) is 6.75. The van der Waals surface area contributed by atoms with Gasteiger partial charge in [0.2, 0.25) is 0 Å². The van der Waals surface area contributed by atoms with Crippen molar-refractivity contribution in [2.75, 3.05) is 0 Å². The number of hydrogen-bond acceptors (Lipinski definition) is 2. The Morgan fingerprint density at radius 2 is 1.58 bits per heavy atom. The van der Waals surface area contributed by atoms with E-state index in [1.54, 1.807) is 0 Å². The molecule has 1 heterocycles. The van der Waals surface area contributed by atoms with Crippen LogP contribution < -0.4 is 0 Å². The molecule has 9 unspecified atom stereocenters. The summed E-state index contributed by atoms with van der Waals surface area (Å²) in [5.41, 5.74) is 0. The minimum atomic E-state index is -5.50. The van der Waals surface area contributed by atoms with E-state index in [2.05, 4.69) is 16.9 Å². The lowest BCUT2D eigenvalue weighted by atomic mass is 9.68. The fraction of sp³-hybridized carbons (Fsp3) is 0.882. The number of ether oxygens (including phenoxy) is 1. The average molecular weight is 350 g/mol. The third kappa shape index (κ3) is 1.68. The van der Waals surface area contributed by atoms with Gasteiger partial charge >= 0.3 is 17.9 Å². The summed E-state index contributed by atoms with van der Waals surface area (Å²) >= 11 is 0. The standard InChI is InChI=1S/C17H19F5O2/c18-15(19)6-12(24-16(15,23)17(20,21)22)10-4-9-5-11(10)14-8-2-1-7(3-8)13(9)14/h1-2,7-14,23H,3-6H2. The fourth-order valence-electron chi connectivity index (χ4n) is 6.75. The van der Waals surface area contributed by atoms with E-state index < -0.39 is 30.4 Å². The summed E-state index contributed by atoms with van der Waals surface area (Å²) in [7, 11) is 0. The van der Waals surface area contributed by atoms with Gasteiger partial charge in [-0.05, 0) is 60.7 Å². The highest BCUT2D eigenvalue weighted by Crippen LogP contribution is 2.69. The number of allylic oxidation sites excluding steroid dienone is 2. The Hall–Kier alpha value is -0.690. The molecule has 0 spiro atoms. The van der Waals surface area contributed by atoms with Gasteiger partial charge < -0.3 is 9.84 Å². The summed E-state index contributed by atoms with van der Waals surface area (Å²) in [5, 5.41) is 9.54. The highest BCUT2D eigenvalue weighted by Gasteiger charge is 2.77. The van der Waals surface area contributed by atoms with Gasteiger partial charge in [0.15, 0.2) is 0 Å². The van der Waals surface area contributed by atoms with Gasteiger partial charge in [-0.1, -0.05) is 12.2 Å². The first-order valence-corrected chi connectivity index (χ1v) is 8.65. The Labute approximate surface area is 136 Å². The van der Waals surface area contributed by atoms with Gasteiger partial charge in [0, 0.05) is 6.42 Å². The van der Waals surface area contributed by atoms with Crippen LogP contribution in [0.2, 0.25) is 0 Å². The van der Waals surface area contributed by atoms with Crippen molar-refractivity contribution in [3.63, 3.8) is 0 Å². The lowest BCUT2D eigenvalue weighted by Gasteiger charge is -2.39. The normalized spacial score (nSPS) is 57.1. The van der Waals surface area contributed by atoms with Crippen LogP contribution >= 0.6 is 0 Å². The van der Waals surface area contributed by atoms with Gasteiger partial charge in [-0.25, -0.2) is 8.78 Å². The number of halogens is 5. The number of hydrogen-bond donors (Lipinski definition) is 1. The average Bonchev–Trinajstić information content (AvgIpc) is 3.22. The molecule has 5 rings (SSSR count). The number of aliphatic hydroxyl groups is 1. The van der Waals surface area contributed by atoms with Crippen molar-refractivity contribution in [1.82, 2.24) is 0 Å². The molecule has 7 heteroatoms. The molecule has 0 aromatic heterocycles. The molecule has 4 aliphatic carbocycles. The molecule has 0 amide bonds. The van der Waals surface area contributed by atoms with Gasteiger partial charge in [0.1, 0.15) is 0 Å². The predicted molar refractivity (Wildman–Crippen MR) is 72.9 cm³/mol. The first-order chi connectivity index (χ1) is 11.1. The third-order valence-electron chi connectivity index (χ3n) is 7.46. The van der Waals surface area contributed by atoms with Crippen LogP contribution in [0.1, 0.15) is 25.7 Å². The SMILES string of the molecule is OC1(C(F)(F)F)OC(C2CC3CC2C2C4C=CC(C4)C32)CC1(F)F. The number of alkyl halides is 5. The predicted octanol–water partition coefficient (Wildman–Crippen LogP) is 3.76. The number of fused-ring (bicyclic) bond motifs is 9. The van der Waals surface area contributed by atoms with Gasteiger partial charge in [-0.2, -0.15) is 13.2 Å². The first-order valence-electron chi connectivity index (χ1n) is 8.65. The molecule has 3 saturated carbocycles. The van der Waals surface area contributed by atoms with Crippen LogP contribution in [0.5, 0.6) is 0 Å². The zero-order chi connectivity index (χ0) is 17.1. The van der Waals surface area contributed by atoms with Crippen LogP contribution in [0, 0.1) is 41.4 Å². The van der Waals surface area contributed by atoms with Crippen LogP contribution in [-0.4, -0.2) is 29.1 Å². The number of rotatable bonds is 1. The first kappa shape index (κ1) is 15.6. The van der Waals surface area contributed by atoms with E-state index >= 15 is 0 Å². The summed E-state index contributed by atoms with van der Waals surface area (Å²) in [6.45, 7) is 0. The molecular weight excluding hydrogens is 331 g/mol. The van der Waals surface area contributed by atoms with E-state index in [1.165, 1.54) is 0 Å². The van der Waals surface area contributed by atoms with E-state index in [0.717, 1.165) is 12.8 Å². The van der Waals surface area contributed by atoms with E-state index in [0.29, 0.717) is 36.0 Å². The molecule has 2 nitrogen and oxygen atoms in total. The summed E-state index contributed by atoms with van der Waals surface area (Å²) in [6.07, 6.45) is -0.653. The Balaban J connectivity index is 1.41. The van der Waals surface area contributed by atoms with Crippen molar-refractivity contribution in [2.24, 2.45) is 41.4 Å². The van der Waals surface area contributed by atoms with Crippen molar-refractivity contribution >= 4 is 0 Å². The minimum Gasteiger partial charge on any atom is -0.354 e. The van der Waals surface area contributed by atoms with Crippen LogP contribution in [0.3, 0.4) is 0 Å². The van der Waals surface area contributed by atoms with Crippen LogP contribution in [0.4, 0.5) is 22.0 Å². The quantitative estimate of drug-likeness (QED) is 0.443. The molecular formula is C17H19F5O2. The molecule has 134 valence electrons. The Bertz CT molecular complexity index is 602. The molecule has 0 radical (unpaired) electrons. The van der Waals surface area contributed by atoms with Gasteiger partial charge in [-0.3, -0.25) is 0 Å². The molecule has 4 fully saturated rings. The Morgan fingerprint density at radius 1 is 0.958 bits per heavy atom. The second-order valence-corrected chi connectivity index (χ2v) is 8.37. The minimum absolute atomic E-state index is 0.149. The van der Waals surface area contributed by atoms with Crippen molar-refractivity contribution in [2.45, 2.75) is 49.7 Å². The van der Waals surface area contributed by atoms with E-state index in [-0.39, 0.29) is 11.8 Å². The van der Waals surface area contributed by atoms with Crippen molar-refractivity contribution in [1.29, 1.82) is 0 Å². The molecule has 0 aromatic rings. The van der Waals surface area contributed by atoms with E-state index in [9.17, 15) is 27.1 Å². The highest BCUT2D eigenvalue weighted by atomic mass is 19.4. The van der Waals surface area contributed by atoms with Crippen molar-refractivity contribution in [3.05, 3.63) is 12.2 Å². The molecule has 24 heavy (non-hydrogen) atoms. The topological polar surface area (TPSA) is 29.5 Å². The van der Waals surface area contributed by atoms with Crippen LogP contribution in [-0.2, 0) is 4.74 Å². The second kappa shape index (κ2) is 4.34. The van der Waals surface area contributed by atoms with Gasteiger partial charge in [-0.15, -0.1) is 0 Å². The van der Waals surface area contributed by atoms with Crippen LogP contribution in [0.25, 0.3) is 0 Å². The largest absolute Gasteiger partial charge is 0.449 e. The van der Waals surface area contributed by atoms with Crippen molar-refractivity contribution < 1.29 is 31.8 Å². The van der Waals surface area contributed by atoms with E-state index in [1.807, 2.05) is 0 Å². The zero-order valence-corrected chi connectivity index (χ0v) is 12.8. The van der Waals surface area contributed by atoms with E-state index in [4.69, 9.17) is 0 Å². The molecule has 4 bridgehead atoms.